The molecule has 0 saturated carbocycles. The van der Waals surface area contributed by atoms with Crippen molar-refractivity contribution in [2.24, 2.45) is 4.40 Å². The number of hydrogen-bond donors (Lipinski definition) is 0. The van der Waals surface area contributed by atoms with Crippen LogP contribution in [0.15, 0.2) is 27.1 Å². The molecule has 1 atom stereocenters. The number of rotatable bonds is 1. The van der Waals surface area contributed by atoms with E-state index in [0.717, 1.165) is 21.5 Å². The van der Waals surface area contributed by atoms with Gasteiger partial charge in [0.1, 0.15) is 16.7 Å². The molecule has 1 heterocycles. The first-order valence-electron chi connectivity index (χ1n) is 5.80. The number of hydrogen-bond acceptors (Lipinski definition) is 2. The van der Waals surface area contributed by atoms with Gasteiger partial charge in [0.2, 0.25) is 0 Å². The van der Waals surface area contributed by atoms with Gasteiger partial charge in [0.15, 0.2) is 0 Å². The van der Waals surface area contributed by atoms with Crippen LogP contribution in [0, 0.1) is 0 Å². The zero-order valence-electron chi connectivity index (χ0n) is 10.7. The van der Waals surface area contributed by atoms with Gasteiger partial charge in [0.25, 0.3) is 0 Å². The smallest absolute Gasteiger partial charge is 0.145 e. The summed E-state index contributed by atoms with van der Waals surface area (Å²) in [5.41, 5.74) is 1.82. The van der Waals surface area contributed by atoms with E-state index < -0.39 is 11.0 Å². The summed E-state index contributed by atoms with van der Waals surface area (Å²) in [5.74, 6) is 0.806. The summed E-state index contributed by atoms with van der Waals surface area (Å²) in [6.45, 7) is 6.36. The van der Waals surface area contributed by atoms with Crippen molar-refractivity contribution in [3.8, 4) is 5.75 Å². The average molecular weight is 330 g/mol. The quantitative estimate of drug-likeness (QED) is 0.791. The minimum absolute atomic E-state index is 0.333. The maximum Gasteiger partial charge on any atom is 0.145 e. The molecular formula is C13H16BrNO2S. The van der Waals surface area contributed by atoms with Gasteiger partial charge in [-0.25, -0.2) is 4.21 Å². The molecule has 0 unspecified atom stereocenters. The second kappa shape index (κ2) is 5.13. The van der Waals surface area contributed by atoms with Gasteiger partial charge in [0, 0.05) is 16.5 Å². The second-order valence-corrected chi connectivity index (χ2v) is 7.96. The van der Waals surface area contributed by atoms with E-state index >= 15 is 0 Å². The fourth-order valence-electron chi connectivity index (χ4n) is 1.58. The van der Waals surface area contributed by atoms with Gasteiger partial charge < -0.3 is 4.74 Å². The molecule has 0 saturated heterocycles. The predicted molar refractivity (Wildman–Crippen MR) is 78.7 cm³/mol. The van der Waals surface area contributed by atoms with Crippen LogP contribution in [0.4, 0.5) is 0 Å². The molecular weight excluding hydrogens is 314 g/mol. The summed E-state index contributed by atoms with van der Waals surface area (Å²) in [7, 11) is -1.23. The normalized spacial score (nSPS) is 19.2. The third-order valence-electron chi connectivity index (χ3n) is 2.57. The Morgan fingerprint density at radius 2 is 2.11 bits per heavy atom. The Labute approximate surface area is 118 Å². The molecule has 2 rings (SSSR count). The molecule has 0 radical (unpaired) electrons. The Morgan fingerprint density at radius 1 is 1.39 bits per heavy atom. The van der Waals surface area contributed by atoms with Crippen LogP contribution < -0.4 is 4.74 Å². The van der Waals surface area contributed by atoms with Gasteiger partial charge >= 0.3 is 0 Å². The molecule has 0 bridgehead atoms. The molecule has 5 heteroatoms. The van der Waals surface area contributed by atoms with Gasteiger partial charge in [-0.05, 0) is 39.0 Å². The maximum atomic E-state index is 12.1. The Hall–Kier alpha value is -0.680. The molecule has 0 aromatic heterocycles. The Kier molecular flexibility index (Phi) is 3.92. The van der Waals surface area contributed by atoms with Gasteiger partial charge in [-0.2, -0.15) is 4.40 Å². The molecule has 1 aliphatic heterocycles. The van der Waals surface area contributed by atoms with E-state index in [9.17, 15) is 4.21 Å². The van der Waals surface area contributed by atoms with E-state index in [1.807, 2.05) is 39.0 Å². The Balaban J connectivity index is 2.39. The minimum atomic E-state index is -1.23. The monoisotopic (exact) mass is 329 g/mol. The standard InChI is InChI=1S/C13H16BrNO2S/c1-13(2,3)18(16)15-11-6-7-17-12-8-9(14)4-5-10(11)12/h4-5,8H,6-7H2,1-3H3/b15-11+/t18-/m1/s1. The van der Waals surface area contributed by atoms with Crippen molar-refractivity contribution in [1.82, 2.24) is 0 Å². The highest BCUT2D eigenvalue weighted by atomic mass is 79.9. The van der Waals surface area contributed by atoms with Crippen LogP contribution >= 0.6 is 15.9 Å². The fourth-order valence-corrected chi connectivity index (χ4v) is 2.58. The summed E-state index contributed by atoms with van der Waals surface area (Å²) in [6, 6.07) is 5.82. The van der Waals surface area contributed by atoms with Crippen molar-refractivity contribution >= 4 is 32.6 Å². The molecule has 1 aliphatic rings. The highest BCUT2D eigenvalue weighted by Crippen LogP contribution is 2.29. The molecule has 0 aliphatic carbocycles. The molecule has 1 aromatic carbocycles. The van der Waals surface area contributed by atoms with Gasteiger partial charge in [-0.15, -0.1) is 0 Å². The molecule has 0 fully saturated rings. The summed E-state index contributed by atoms with van der Waals surface area (Å²) in [5, 5.41) is 0. The minimum Gasteiger partial charge on any atom is -0.492 e. The Bertz CT molecular complexity index is 520. The number of nitrogens with zero attached hydrogens (tertiary/aromatic N) is 1. The lowest BCUT2D eigenvalue weighted by molar-refractivity contribution is 0.320. The SMILES string of the molecule is CC(C)(C)[S@@](=O)/N=C1\CCOc2cc(Br)ccc21. The van der Waals surface area contributed by atoms with Crippen molar-refractivity contribution in [3.63, 3.8) is 0 Å². The second-order valence-electron chi connectivity index (χ2n) is 5.14. The molecule has 18 heavy (non-hydrogen) atoms. The van der Waals surface area contributed by atoms with Crippen molar-refractivity contribution in [2.45, 2.75) is 31.9 Å². The van der Waals surface area contributed by atoms with Crippen molar-refractivity contribution in [1.29, 1.82) is 0 Å². The molecule has 0 N–H and O–H groups in total. The van der Waals surface area contributed by atoms with E-state index in [1.54, 1.807) is 0 Å². The molecule has 98 valence electrons. The first-order valence-corrected chi connectivity index (χ1v) is 7.70. The lowest BCUT2D eigenvalue weighted by Gasteiger charge is -2.21. The van der Waals surface area contributed by atoms with E-state index in [4.69, 9.17) is 4.74 Å². The van der Waals surface area contributed by atoms with Crippen LogP contribution in [0.1, 0.15) is 32.8 Å². The van der Waals surface area contributed by atoms with E-state index in [1.165, 1.54) is 0 Å². The van der Waals surface area contributed by atoms with Crippen LogP contribution in [0.25, 0.3) is 0 Å². The van der Waals surface area contributed by atoms with E-state index in [-0.39, 0.29) is 4.75 Å². The Morgan fingerprint density at radius 3 is 2.78 bits per heavy atom. The van der Waals surface area contributed by atoms with Gasteiger partial charge in [0.05, 0.1) is 17.1 Å². The van der Waals surface area contributed by atoms with Crippen LogP contribution in [0.3, 0.4) is 0 Å². The van der Waals surface area contributed by atoms with Crippen LogP contribution in [-0.4, -0.2) is 21.3 Å². The van der Waals surface area contributed by atoms with Crippen molar-refractivity contribution < 1.29 is 8.95 Å². The maximum absolute atomic E-state index is 12.1. The topological polar surface area (TPSA) is 38.7 Å². The third-order valence-corrected chi connectivity index (χ3v) is 4.50. The lowest BCUT2D eigenvalue weighted by Crippen LogP contribution is -2.23. The summed E-state index contributed by atoms with van der Waals surface area (Å²) < 4.78 is 22.7. The fraction of sp³-hybridized carbons (Fsp3) is 0.462. The predicted octanol–water partition coefficient (Wildman–Crippen LogP) is 3.48. The summed E-state index contributed by atoms with van der Waals surface area (Å²) in [6.07, 6.45) is 0.705. The van der Waals surface area contributed by atoms with Crippen molar-refractivity contribution in [3.05, 3.63) is 28.2 Å². The molecule has 3 nitrogen and oxygen atoms in total. The van der Waals surface area contributed by atoms with Crippen LogP contribution in [-0.2, 0) is 11.0 Å². The number of fused-ring (bicyclic) bond motifs is 1. The molecule has 0 amide bonds. The number of halogens is 1. The van der Waals surface area contributed by atoms with E-state index in [0.29, 0.717) is 13.0 Å². The first kappa shape index (κ1) is 13.7. The first-order chi connectivity index (χ1) is 8.38. The lowest BCUT2D eigenvalue weighted by atomic mass is 10.0. The highest BCUT2D eigenvalue weighted by Gasteiger charge is 2.23. The largest absolute Gasteiger partial charge is 0.492 e. The van der Waals surface area contributed by atoms with E-state index in [2.05, 4.69) is 20.3 Å². The van der Waals surface area contributed by atoms with Crippen molar-refractivity contribution in [2.75, 3.05) is 6.61 Å². The number of benzene rings is 1. The van der Waals surface area contributed by atoms with Gasteiger partial charge in [-0.1, -0.05) is 15.9 Å². The van der Waals surface area contributed by atoms with Crippen LogP contribution in [0.2, 0.25) is 0 Å². The summed E-state index contributed by atoms with van der Waals surface area (Å²) >= 11 is 3.41. The molecule has 0 spiro atoms. The zero-order valence-corrected chi connectivity index (χ0v) is 13.1. The number of ether oxygens (including phenoxy) is 1. The van der Waals surface area contributed by atoms with Crippen LogP contribution in [0.5, 0.6) is 5.75 Å². The molecule has 1 aromatic rings. The van der Waals surface area contributed by atoms with Gasteiger partial charge in [-0.3, -0.25) is 0 Å². The zero-order chi connectivity index (χ0) is 13.3. The average Bonchev–Trinajstić information content (AvgIpc) is 2.27. The summed E-state index contributed by atoms with van der Waals surface area (Å²) in [4.78, 5) is 0. The third kappa shape index (κ3) is 3.01. The highest BCUT2D eigenvalue weighted by molar-refractivity contribution is 9.10.